The number of nitrogens with one attached hydrogen (secondary N) is 2. The predicted octanol–water partition coefficient (Wildman–Crippen LogP) is 1.36. The first kappa shape index (κ1) is 17.5. The van der Waals surface area contributed by atoms with Crippen LogP contribution in [0.25, 0.3) is 0 Å². The topological polar surface area (TPSA) is 62.8 Å². The van der Waals surface area contributed by atoms with E-state index in [0.29, 0.717) is 13.2 Å². The Morgan fingerprint density at radius 1 is 1.18 bits per heavy atom. The van der Waals surface area contributed by atoms with Crippen molar-refractivity contribution in [3.8, 4) is 0 Å². The van der Waals surface area contributed by atoms with Gasteiger partial charge in [-0.1, -0.05) is 19.3 Å². The lowest BCUT2D eigenvalue weighted by Gasteiger charge is -2.48. The summed E-state index contributed by atoms with van der Waals surface area (Å²) in [6, 6.07) is -0.0608. The molecule has 0 radical (unpaired) electrons. The first-order valence-electron chi connectivity index (χ1n) is 8.60. The van der Waals surface area contributed by atoms with Crippen molar-refractivity contribution >= 4 is 6.03 Å². The van der Waals surface area contributed by atoms with Gasteiger partial charge in [0, 0.05) is 45.4 Å². The molecule has 0 aromatic heterocycles. The Morgan fingerprint density at radius 2 is 1.91 bits per heavy atom. The highest BCUT2D eigenvalue weighted by Crippen LogP contribution is 2.33. The lowest BCUT2D eigenvalue weighted by atomic mass is 9.80. The van der Waals surface area contributed by atoms with Gasteiger partial charge < -0.3 is 20.1 Å². The molecule has 6 nitrogen and oxygen atoms in total. The van der Waals surface area contributed by atoms with Crippen molar-refractivity contribution in [2.75, 3.05) is 53.1 Å². The molecule has 2 rings (SSSR count). The first-order valence-corrected chi connectivity index (χ1v) is 8.60. The minimum atomic E-state index is -0.0608. The smallest absolute Gasteiger partial charge is 0.314 e. The third-order valence-electron chi connectivity index (χ3n) is 4.85. The van der Waals surface area contributed by atoms with E-state index in [0.717, 1.165) is 39.3 Å². The van der Waals surface area contributed by atoms with E-state index < -0.39 is 0 Å². The Labute approximate surface area is 133 Å². The van der Waals surface area contributed by atoms with Crippen LogP contribution in [0.2, 0.25) is 0 Å². The van der Waals surface area contributed by atoms with Crippen LogP contribution < -0.4 is 10.6 Å². The Morgan fingerprint density at radius 3 is 2.59 bits per heavy atom. The standard InChI is InChI=1S/C16H31N3O3/c1-21-11-5-8-17-15(20)18-14-16(6-3-2-4-7-16)19-9-12-22-13-10-19/h2-14H2,1H3,(H2,17,18,20). The van der Waals surface area contributed by atoms with Crippen LogP contribution in [-0.4, -0.2) is 69.6 Å². The number of hydrogen-bond donors (Lipinski definition) is 2. The molecule has 2 aliphatic rings. The molecule has 0 spiro atoms. The van der Waals surface area contributed by atoms with Crippen LogP contribution in [0.5, 0.6) is 0 Å². The monoisotopic (exact) mass is 313 g/mol. The summed E-state index contributed by atoms with van der Waals surface area (Å²) in [6.07, 6.45) is 7.03. The minimum absolute atomic E-state index is 0.0608. The number of carbonyl (C=O) groups is 1. The van der Waals surface area contributed by atoms with Crippen LogP contribution >= 0.6 is 0 Å². The molecule has 1 saturated carbocycles. The highest BCUT2D eigenvalue weighted by Gasteiger charge is 2.38. The van der Waals surface area contributed by atoms with Gasteiger partial charge in [-0.3, -0.25) is 4.90 Å². The molecule has 1 aliphatic carbocycles. The zero-order chi connectivity index (χ0) is 15.7. The maximum atomic E-state index is 12.0. The van der Waals surface area contributed by atoms with Gasteiger partial charge in [0.05, 0.1) is 13.2 Å². The molecule has 0 atom stereocenters. The molecular weight excluding hydrogens is 282 g/mol. The number of urea groups is 1. The van der Waals surface area contributed by atoms with E-state index in [1.54, 1.807) is 7.11 Å². The molecule has 6 heteroatoms. The normalized spacial score (nSPS) is 22.2. The van der Waals surface area contributed by atoms with Gasteiger partial charge in [0.2, 0.25) is 0 Å². The van der Waals surface area contributed by atoms with E-state index >= 15 is 0 Å². The Kier molecular flexibility index (Phi) is 7.42. The average Bonchev–Trinajstić information content (AvgIpc) is 2.58. The second kappa shape index (κ2) is 9.33. The Bertz CT molecular complexity index is 327. The van der Waals surface area contributed by atoms with Crippen molar-refractivity contribution in [3.05, 3.63) is 0 Å². The van der Waals surface area contributed by atoms with Crippen molar-refractivity contribution in [3.63, 3.8) is 0 Å². The van der Waals surface area contributed by atoms with Crippen molar-refractivity contribution in [1.82, 2.24) is 15.5 Å². The summed E-state index contributed by atoms with van der Waals surface area (Å²) in [5, 5.41) is 6.00. The number of rotatable bonds is 7. The quantitative estimate of drug-likeness (QED) is 0.697. The van der Waals surface area contributed by atoms with E-state index in [1.807, 2.05) is 0 Å². The fourth-order valence-electron chi connectivity index (χ4n) is 3.58. The molecule has 1 heterocycles. The molecule has 128 valence electrons. The minimum Gasteiger partial charge on any atom is -0.385 e. The predicted molar refractivity (Wildman–Crippen MR) is 86.1 cm³/mol. The highest BCUT2D eigenvalue weighted by atomic mass is 16.5. The fourth-order valence-corrected chi connectivity index (χ4v) is 3.58. The van der Waals surface area contributed by atoms with E-state index in [4.69, 9.17) is 9.47 Å². The molecular formula is C16H31N3O3. The van der Waals surface area contributed by atoms with E-state index in [9.17, 15) is 4.79 Å². The lowest BCUT2D eigenvalue weighted by molar-refractivity contribution is -0.0357. The van der Waals surface area contributed by atoms with Gasteiger partial charge in [0.1, 0.15) is 0 Å². The first-order chi connectivity index (χ1) is 10.8. The molecule has 2 fully saturated rings. The van der Waals surface area contributed by atoms with Gasteiger partial charge in [-0.15, -0.1) is 0 Å². The van der Waals surface area contributed by atoms with Crippen molar-refractivity contribution in [2.45, 2.75) is 44.1 Å². The van der Waals surface area contributed by atoms with Crippen LogP contribution in [-0.2, 0) is 9.47 Å². The van der Waals surface area contributed by atoms with E-state index in [1.165, 1.54) is 32.1 Å². The number of carbonyl (C=O) groups excluding carboxylic acids is 1. The summed E-state index contributed by atoms with van der Waals surface area (Å²) >= 11 is 0. The lowest BCUT2D eigenvalue weighted by Crippen LogP contribution is -2.60. The number of hydrogen-bond acceptors (Lipinski definition) is 4. The van der Waals surface area contributed by atoms with Crippen LogP contribution in [0, 0.1) is 0 Å². The van der Waals surface area contributed by atoms with Crippen LogP contribution in [0.1, 0.15) is 38.5 Å². The van der Waals surface area contributed by atoms with Crippen molar-refractivity contribution < 1.29 is 14.3 Å². The molecule has 22 heavy (non-hydrogen) atoms. The molecule has 0 unspecified atom stereocenters. The van der Waals surface area contributed by atoms with Gasteiger partial charge in [-0.2, -0.15) is 0 Å². The molecule has 1 saturated heterocycles. The maximum Gasteiger partial charge on any atom is 0.314 e. The molecule has 2 N–H and O–H groups in total. The number of ether oxygens (including phenoxy) is 2. The van der Waals surface area contributed by atoms with Crippen LogP contribution in [0.3, 0.4) is 0 Å². The SMILES string of the molecule is COCCCNC(=O)NCC1(N2CCOCC2)CCCCC1. The van der Waals surface area contributed by atoms with Gasteiger partial charge in [0.25, 0.3) is 0 Å². The zero-order valence-electron chi connectivity index (χ0n) is 13.9. The maximum absolute atomic E-state index is 12.0. The summed E-state index contributed by atoms with van der Waals surface area (Å²) < 4.78 is 10.5. The largest absolute Gasteiger partial charge is 0.385 e. The highest BCUT2D eigenvalue weighted by molar-refractivity contribution is 5.73. The molecule has 0 aromatic carbocycles. The summed E-state index contributed by atoms with van der Waals surface area (Å²) in [6.45, 7) is 5.66. The average molecular weight is 313 g/mol. The van der Waals surface area contributed by atoms with Gasteiger partial charge in [0.15, 0.2) is 0 Å². The summed E-state index contributed by atoms with van der Waals surface area (Å²) in [5.41, 5.74) is 0.131. The summed E-state index contributed by atoms with van der Waals surface area (Å²) in [5.74, 6) is 0. The number of amides is 2. The van der Waals surface area contributed by atoms with Crippen molar-refractivity contribution in [1.29, 1.82) is 0 Å². The summed E-state index contributed by atoms with van der Waals surface area (Å²) in [4.78, 5) is 14.5. The number of methoxy groups -OCH3 is 1. The van der Waals surface area contributed by atoms with Gasteiger partial charge >= 0.3 is 6.03 Å². The Hall–Kier alpha value is -0.850. The molecule has 2 amide bonds. The molecule has 1 aliphatic heterocycles. The third-order valence-corrected chi connectivity index (χ3v) is 4.85. The zero-order valence-corrected chi connectivity index (χ0v) is 13.9. The number of morpholine rings is 1. The van der Waals surface area contributed by atoms with Crippen molar-refractivity contribution in [2.24, 2.45) is 0 Å². The fraction of sp³-hybridized carbons (Fsp3) is 0.938. The summed E-state index contributed by atoms with van der Waals surface area (Å²) in [7, 11) is 1.68. The second-order valence-corrected chi connectivity index (χ2v) is 6.34. The van der Waals surface area contributed by atoms with Crippen LogP contribution in [0.15, 0.2) is 0 Å². The van der Waals surface area contributed by atoms with Crippen LogP contribution in [0.4, 0.5) is 4.79 Å². The molecule has 0 aromatic rings. The third kappa shape index (κ3) is 5.11. The second-order valence-electron chi connectivity index (χ2n) is 6.34. The Balaban J connectivity index is 1.80. The van der Waals surface area contributed by atoms with E-state index in [-0.39, 0.29) is 11.6 Å². The number of nitrogens with zero attached hydrogens (tertiary/aromatic N) is 1. The van der Waals surface area contributed by atoms with Gasteiger partial charge in [-0.25, -0.2) is 4.79 Å². The molecule has 0 bridgehead atoms. The van der Waals surface area contributed by atoms with Gasteiger partial charge in [-0.05, 0) is 19.3 Å². The van der Waals surface area contributed by atoms with E-state index in [2.05, 4.69) is 15.5 Å².